The Labute approximate surface area is 151 Å². The van der Waals surface area contributed by atoms with Crippen molar-refractivity contribution in [3.8, 4) is 0 Å². The molecule has 0 aliphatic carbocycles. The highest BCUT2D eigenvalue weighted by molar-refractivity contribution is 8.00. The van der Waals surface area contributed by atoms with Gasteiger partial charge in [-0.2, -0.15) is 0 Å². The van der Waals surface area contributed by atoms with Gasteiger partial charge in [0, 0.05) is 21.8 Å². The van der Waals surface area contributed by atoms with Gasteiger partial charge in [-0.05, 0) is 29.5 Å². The van der Waals surface area contributed by atoms with Crippen molar-refractivity contribution < 1.29 is 4.79 Å². The average Bonchev–Trinajstić information content (AvgIpc) is 2.61. The van der Waals surface area contributed by atoms with Crippen LogP contribution in [0.15, 0.2) is 71.6 Å². The van der Waals surface area contributed by atoms with Crippen LogP contribution in [0.25, 0.3) is 10.8 Å². The molecule has 0 aliphatic heterocycles. The summed E-state index contributed by atoms with van der Waals surface area (Å²) in [5, 5.41) is 5.81. The Morgan fingerprint density at radius 2 is 1.71 bits per heavy atom. The Morgan fingerprint density at radius 3 is 2.50 bits per heavy atom. The lowest BCUT2D eigenvalue weighted by atomic mass is 10.1. The van der Waals surface area contributed by atoms with Crippen LogP contribution in [-0.2, 0) is 11.2 Å². The zero-order valence-corrected chi connectivity index (χ0v) is 14.7. The Bertz CT molecular complexity index is 830. The van der Waals surface area contributed by atoms with Crippen molar-refractivity contribution in [2.24, 2.45) is 0 Å². The molecule has 0 aliphatic rings. The number of fused-ring (bicyclic) bond motifs is 1. The number of carbonyl (C=O) groups excluding carboxylic acids is 1. The molecule has 3 rings (SSSR count). The van der Waals surface area contributed by atoms with Gasteiger partial charge in [-0.15, -0.1) is 11.8 Å². The molecule has 1 N–H and O–H groups in total. The van der Waals surface area contributed by atoms with E-state index in [1.807, 2.05) is 54.6 Å². The van der Waals surface area contributed by atoms with E-state index >= 15 is 0 Å². The van der Waals surface area contributed by atoms with E-state index < -0.39 is 0 Å². The monoisotopic (exact) mass is 355 g/mol. The van der Waals surface area contributed by atoms with E-state index in [9.17, 15) is 4.79 Å². The molecule has 122 valence electrons. The van der Waals surface area contributed by atoms with Crippen molar-refractivity contribution >= 4 is 40.0 Å². The summed E-state index contributed by atoms with van der Waals surface area (Å²) in [5.41, 5.74) is 1.23. The van der Waals surface area contributed by atoms with Gasteiger partial charge < -0.3 is 5.32 Å². The fraction of sp³-hybridized carbons (Fsp3) is 0.150. The zero-order valence-electron chi connectivity index (χ0n) is 13.2. The van der Waals surface area contributed by atoms with E-state index in [-0.39, 0.29) is 5.91 Å². The molecule has 3 aromatic carbocycles. The second kappa shape index (κ2) is 8.22. The van der Waals surface area contributed by atoms with Crippen LogP contribution in [0.4, 0.5) is 0 Å². The quantitative estimate of drug-likeness (QED) is 0.634. The summed E-state index contributed by atoms with van der Waals surface area (Å²) < 4.78 is 0. The second-order valence-electron chi connectivity index (χ2n) is 5.47. The first-order valence-electron chi connectivity index (χ1n) is 7.85. The molecule has 0 radical (unpaired) electrons. The molecule has 0 saturated carbocycles. The van der Waals surface area contributed by atoms with Crippen LogP contribution in [-0.4, -0.2) is 18.2 Å². The van der Waals surface area contributed by atoms with Crippen LogP contribution in [0.2, 0.25) is 5.02 Å². The Hall–Kier alpha value is -1.97. The number of hydrogen-bond donors (Lipinski definition) is 1. The summed E-state index contributed by atoms with van der Waals surface area (Å²) in [4.78, 5) is 13.1. The topological polar surface area (TPSA) is 29.1 Å². The van der Waals surface area contributed by atoms with E-state index in [1.54, 1.807) is 0 Å². The molecule has 2 nitrogen and oxygen atoms in total. The molecule has 0 heterocycles. The first-order chi connectivity index (χ1) is 11.7. The SMILES string of the molecule is O=C(CSc1cccc2cccc(Cl)c12)NCCc1ccccc1. The molecule has 0 fully saturated rings. The minimum Gasteiger partial charge on any atom is -0.355 e. The fourth-order valence-electron chi connectivity index (χ4n) is 2.57. The zero-order chi connectivity index (χ0) is 16.8. The first kappa shape index (κ1) is 16.9. The lowest BCUT2D eigenvalue weighted by molar-refractivity contribution is -0.118. The number of benzene rings is 3. The molecule has 24 heavy (non-hydrogen) atoms. The maximum Gasteiger partial charge on any atom is 0.230 e. The normalized spacial score (nSPS) is 10.7. The lowest BCUT2D eigenvalue weighted by Crippen LogP contribution is -2.27. The largest absolute Gasteiger partial charge is 0.355 e. The molecule has 3 aromatic rings. The van der Waals surface area contributed by atoms with Crippen LogP contribution >= 0.6 is 23.4 Å². The number of carbonyl (C=O) groups is 1. The molecule has 0 spiro atoms. The number of halogens is 1. The van der Waals surface area contributed by atoms with Crippen LogP contribution in [0, 0.1) is 0 Å². The van der Waals surface area contributed by atoms with Crippen LogP contribution in [0.1, 0.15) is 5.56 Å². The second-order valence-corrected chi connectivity index (χ2v) is 6.89. The molecule has 0 unspecified atom stereocenters. The minimum absolute atomic E-state index is 0.0417. The number of rotatable bonds is 6. The highest BCUT2D eigenvalue weighted by atomic mass is 35.5. The molecular formula is C20H18ClNOS. The predicted octanol–water partition coefficient (Wildman–Crippen LogP) is 4.94. The Morgan fingerprint density at radius 1 is 0.958 bits per heavy atom. The maximum atomic E-state index is 12.1. The highest BCUT2D eigenvalue weighted by Crippen LogP contribution is 2.32. The van der Waals surface area contributed by atoms with E-state index in [1.165, 1.54) is 17.3 Å². The maximum absolute atomic E-state index is 12.1. The lowest BCUT2D eigenvalue weighted by Gasteiger charge is -2.09. The van der Waals surface area contributed by atoms with Gasteiger partial charge >= 0.3 is 0 Å². The highest BCUT2D eigenvalue weighted by Gasteiger charge is 2.08. The van der Waals surface area contributed by atoms with Gasteiger partial charge in [0.1, 0.15) is 0 Å². The molecule has 0 atom stereocenters. The van der Waals surface area contributed by atoms with Crippen molar-refractivity contribution in [2.45, 2.75) is 11.3 Å². The molecule has 4 heteroatoms. The van der Waals surface area contributed by atoms with E-state index in [4.69, 9.17) is 11.6 Å². The van der Waals surface area contributed by atoms with Crippen LogP contribution in [0.3, 0.4) is 0 Å². The van der Waals surface area contributed by atoms with Crippen molar-refractivity contribution in [2.75, 3.05) is 12.3 Å². The van der Waals surface area contributed by atoms with Crippen molar-refractivity contribution in [1.82, 2.24) is 5.32 Å². The smallest absolute Gasteiger partial charge is 0.230 e. The summed E-state index contributed by atoms with van der Waals surface area (Å²) >= 11 is 7.84. The molecule has 0 saturated heterocycles. The minimum atomic E-state index is 0.0417. The molecule has 1 amide bonds. The van der Waals surface area contributed by atoms with Gasteiger partial charge in [0.25, 0.3) is 0 Å². The van der Waals surface area contributed by atoms with E-state index in [2.05, 4.69) is 17.4 Å². The standard InChI is InChI=1S/C20H18ClNOS/c21-17-10-4-8-16-9-5-11-18(20(16)17)24-14-19(23)22-13-12-15-6-2-1-3-7-15/h1-11H,12-14H2,(H,22,23). The predicted molar refractivity (Wildman–Crippen MR) is 103 cm³/mol. The molecule has 0 aromatic heterocycles. The summed E-state index contributed by atoms with van der Waals surface area (Å²) in [7, 11) is 0. The summed E-state index contributed by atoms with van der Waals surface area (Å²) in [5.74, 6) is 0.430. The van der Waals surface area contributed by atoms with Gasteiger partial charge in [-0.1, -0.05) is 66.2 Å². The first-order valence-corrected chi connectivity index (χ1v) is 9.21. The number of thioether (sulfide) groups is 1. The van der Waals surface area contributed by atoms with Crippen LogP contribution in [0.5, 0.6) is 0 Å². The third-order valence-corrected chi connectivity index (χ3v) is 5.13. The van der Waals surface area contributed by atoms with Crippen LogP contribution < -0.4 is 5.32 Å². The van der Waals surface area contributed by atoms with Gasteiger partial charge in [-0.25, -0.2) is 0 Å². The van der Waals surface area contributed by atoms with Gasteiger partial charge in [0.05, 0.1) is 5.75 Å². The Kier molecular flexibility index (Phi) is 5.78. The summed E-state index contributed by atoms with van der Waals surface area (Å²) in [6.07, 6.45) is 0.845. The third-order valence-electron chi connectivity index (χ3n) is 3.75. The van der Waals surface area contributed by atoms with Gasteiger partial charge in [0.15, 0.2) is 0 Å². The fourth-order valence-corrected chi connectivity index (χ4v) is 3.84. The number of amides is 1. The van der Waals surface area contributed by atoms with Gasteiger partial charge in [0.2, 0.25) is 5.91 Å². The number of nitrogens with one attached hydrogen (secondary N) is 1. The summed E-state index contributed by atoms with van der Waals surface area (Å²) in [6.45, 7) is 0.652. The van der Waals surface area contributed by atoms with Gasteiger partial charge in [-0.3, -0.25) is 4.79 Å². The summed E-state index contributed by atoms with van der Waals surface area (Å²) in [6, 6.07) is 22.0. The molecule has 0 bridgehead atoms. The molecular weight excluding hydrogens is 338 g/mol. The van der Waals surface area contributed by atoms with Crippen molar-refractivity contribution in [1.29, 1.82) is 0 Å². The van der Waals surface area contributed by atoms with E-state index in [0.29, 0.717) is 12.3 Å². The number of hydrogen-bond acceptors (Lipinski definition) is 2. The van der Waals surface area contributed by atoms with Crippen molar-refractivity contribution in [3.05, 3.63) is 77.3 Å². The average molecular weight is 356 g/mol. The van der Waals surface area contributed by atoms with Crippen molar-refractivity contribution in [3.63, 3.8) is 0 Å². The Balaban J connectivity index is 1.55. The third kappa shape index (κ3) is 4.31. The van der Waals surface area contributed by atoms with E-state index in [0.717, 1.165) is 27.1 Å².